The number of ether oxygens (including phenoxy) is 1. The number of esters is 1. The summed E-state index contributed by atoms with van der Waals surface area (Å²) in [6.07, 6.45) is 0.277. The number of Topliss-reactive ketones (excluding diaryl/α,β-unsaturated/α-hetero) is 1. The maximum Gasteiger partial charge on any atom is 0.338 e. The first-order chi connectivity index (χ1) is 9.90. The largest absolute Gasteiger partial charge is 0.462 e. The summed E-state index contributed by atoms with van der Waals surface area (Å²) in [4.78, 5) is 35.6. The molecule has 6 heteroatoms. The van der Waals surface area contributed by atoms with Crippen LogP contribution in [0.15, 0.2) is 18.2 Å². The number of rotatable bonds is 6. The molecule has 6 nitrogen and oxygen atoms in total. The highest BCUT2D eigenvalue weighted by atomic mass is 16.5. The maximum absolute atomic E-state index is 12.4. The molecule has 0 saturated heterocycles. The fourth-order valence-electron chi connectivity index (χ4n) is 1.79. The van der Waals surface area contributed by atoms with Gasteiger partial charge in [0.15, 0.2) is 5.78 Å². The van der Waals surface area contributed by atoms with Crippen molar-refractivity contribution in [1.82, 2.24) is 5.32 Å². The predicted octanol–water partition coefficient (Wildman–Crippen LogP) is 1.54. The fourth-order valence-corrected chi connectivity index (χ4v) is 1.79. The highest BCUT2D eigenvalue weighted by Gasteiger charge is 2.23. The minimum Gasteiger partial charge on any atom is -0.462 e. The summed E-state index contributed by atoms with van der Waals surface area (Å²) in [6.45, 7) is 5.14. The quantitative estimate of drug-likeness (QED) is 0.471. The van der Waals surface area contributed by atoms with E-state index in [1.54, 1.807) is 20.8 Å². The summed E-state index contributed by atoms with van der Waals surface area (Å²) < 4.78 is 4.92. The summed E-state index contributed by atoms with van der Waals surface area (Å²) >= 11 is 0. The Morgan fingerprint density at radius 2 is 1.90 bits per heavy atom. The van der Waals surface area contributed by atoms with Crippen molar-refractivity contribution in [3.05, 3.63) is 29.3 Å². The molecule has 0 aliphatic carbocycles. The average Bonchev–Trinajstić information content (AvgIpc) is 2.46. The number of nitrogens with one attached hydrogen (secondary N) is 1. The van der Waals surface area contributed by atoms with E-state index in [-0.39, 0.29) is 35.8 Å². The molecule has 21 heavy (non-hydrogen) atoms. The smallest absolute Gasteiger partial charge is 0.338 e. The first kappa shape index (κ1) is 16.7. The zero-order chi connectivity index (χ0) is 16.0. The van der Waals surface area contributed by atoms with E-state index in [1.807, 2.05) is 0 Å². The number of hydrogen-bond donors (Lipinski definition) is 2. The van der Waals surface area contributed by atoms with E-state index in [2.05, 4.69) is 5.32 Å². The SMILES string of the molecule is CCOC(=O)c1ccc(N)cc1C(=O)[C@H](C)NC(=O)CC. The third-order valence-electron chi connectivity index (χ3n) is 2.90. The van der Waals surface area contributed by atoms with Gasteiger partial charge in [-0.3, -0.25) is 9.59 Å². The van der Waals surface area contributed by atoms with Gasteiger partial charge < -0.3 is 15.8 Å². The van der Waals surface area contributed by atoms with Gasteiger partial charge >= 0.3 is 5.97 Å². The summed E-state index contributed by atoms with van der Waals surface area (Å²) in [5, 5.41) is 2.56. The van der Waals surface area contributed by atoms with Crippen molar-refractivity contribution in [3.63, 3.8) is 0 Å². The zero-order valence-corrected chi connectivity index (χ0v) is 12.4. The molecule has 0 unspecified atom stereocenters. The molecule has 0 spiro atoms. The number of carbonyl (C=O) groups excluding carboxylic acids is 3. The van der Waals surface area contributed by atoms with Gasteiger partial charge in [-0.25, -0.2) is 4.79 Å². The summed E-state index contributed by atoms with van der Waals surface area (Å²) in [7, 11) is 0. The van der Waals surface area contributed by atoms with Crippen LogP contribution in [0.4, 0.5) is 5.69 Å². The molecule has 0 heterocycles. The molecule has 0 fully saturated rings. The van der Waals surface area contributed by atoms with E-state index >= 15 is 0 Å². The monoisotopic (exact) mass is 292 g/mol. The van der Waals surface area contributed by atoms with Gasteiger partial charge in [0.05, 0.1) is 18.2 Å². The number of amides is 1. The number of nitrogens with two attached hydrogens (primary N) is 1. The fraction of sp³-hybridized carbons (Fsp3) is 0.400. The number of carbonyl (C=O) groups is 3. The number of nitrogen functional groups attached to an aromatic ring is 1. The van der Waals surface area contributed by atoms with E-state index in [0.717, 1.165) is 0 Å². The highest BCUT2D eigenvalue weighted by Crippen LogP contribution is 2.17. The van der Waals surface area contributed by atoms with Gasteiger partial charge in [0, 0.05) is 17.7 Å². The summed E-state index contributed by atoms with van der Waals surface area (Å²) in [5.74, 6) is -1.21. The van der Waals surface area contributed by atoms with Gasteiger partial charge in [0.2, 0.25) is 5.91 Å². The standard InChI is InChI=1S/C15H20N2O4/c1-4-13(18)17-9(3)14(19)12-8-10(16)6-7-11(12)15(20)21-5-2/h6-9H,4-5,16H2,1-3H3,(H,17,18)/t9-/m0/s1. The summed E-state index contributed by atoms with van der Waals surface area (Å²) in [5.41, 5.74) is 6.33. The molecular formula is C15H20N2O4. The van der Waals surface area contributed by atoms with Crippen LogP contribution in [-0.2, 0) is 9.53 Å². The number of benzene rings is 1. The number of ketones is 1. The zero-order valence-electron chi connectivity index (χ0n) is 12.4. The Labute approximate surface area is 123 Å². The molecule has 1 atom stereocenters. The van der Waals surface area contributed by atoms with Crippen LogP contribution in [0.3, 0.4) is 0 Å². The van der Waals surface area contributed by atoms with Crippen molar-refractivity contribution in [1.29, 1.82) is 0 Å². The minimum absolute atomic E-state index is 0.147. The molecule has 0 radical (unpaired) electrons. The molecule has 1 aromatic rings. The minimum atomic E-state index is -0.743. The van der Waals surface area contributed by atoms with E-state index in [4.69, 9.17) is 10.5 Å². The van der Waals surface area contributed by atoms with Crippen LogP contribution in [0.5, 0.6) is 0 Å². The van der Waals surface area contributed by atoms with Crippen molar-refractivity contribution in [2.45, 2.75) is 33.2 Å². The molecule has 0 aromatic heterocycles. The van der Waals surface area contributed by atoms with E-state index in [9.17, 15) is 14.4 Å². The van der Waals surface area contributed by atoms with E-state index < -0.39 is 12.0 Å². The highest BCUT2D eigenvalue weighted by molar-refractivity contribution is 6.09. The Hall–Kier alpha value is -2.37. The van der Waals surface area contributed by atoms with Gasteiger partial charge in [0.25, 0.3) is 0 Å². The van der Waals surface area contributed by atoms with Crippen LogP contribution in [0, 0.1) is 0 Å². The van der Waals surface area contributed by atoms with Crippen molar-refractivity contribution in [2.24, 2.45) is 0 Å². The molecule has 1 amide bonds. The van der Waals surface area contributed by atoms with Crippen LogP contribution >= 0.6 is 0 Å². The van der Waals surface area contributed by atoms with Crippen LogP contribution in [0.2, 0.25) is 0 Å². The van der Waals surface area contributed by atoms with Crippen LogP contribution in [-0.4, -0.2) is 30.3 Å². The lowest BCUT2D eigenvalue weighted by Crippen LogP contribution is -2.38. The van der Waals surface area contributed by atoms with Gasteiger partial charge in [-0.2, -0.15) is 0 Å². The van der Waals surface area contributed by atoms with Crippen LogP contribution in [0.25, 0.3) is 0 Å². The van der Waals surface area contributed by atoms with Crippen molar-refractivity contribution >= 4 is 23.3 Å². The van der Waals surface area contributed by atoms with Gasteiger partial charge in [-0.05, 0) is 32.0 Å². The normalized spacial score (nSPS) is 11.6. The number of hydrogen-bond acceptors (Lipinski definition) is 5. The van der Waals surface area contributed by atoms with Gasteiger partial charge in [-0.15, -0.1) is 0 Å². The first-order valence-electron chi connectivity index (χ1n) is 6.80. The lowest BCUT2D eigenvalue weighted by molar-refractivity contribution is -0.121. The van der Waals surface area contributed by atoms with Crippen LogP contribution < -0.4 is 11.1 Å². The van der Waals surface area contributed by atoms with Crippen molar-refractivity contribution < 1.29 is 19.1 Å². The molecule has 0 aliphatic heterocycles. The molecular weight excluding hydrogens is 272 g/mol. The molecule has 1 aromatic carbocycles. The Morgan fingerprint density at radius 3 is 2.48 bits per heavy atom. The maximum atomic E-state index is 12.4. The van der Waals surface area contributed by atoms with Crippen molar-refractivity contribution in [3.8, 4) is 0 Å². The Bertz CT molecular complexity index is 555. The van der Waals surface area contributed by atoms with Crippen LogP contribution in [0.1, 0.15) is 47.9 Å². The van der Waals surface area contributed by atoms with Gasteiger partial charge in [-0.1, -0.05) is 6.92 Å². The number of anilines is 1. The molecule has 3 N–H and O–H groups in total. The summed E-state index contributed by atoms with van der Waals surface area (Å²) in [6, 6.07) is 3.66. The Kier molecular flexibility index (Phi) is 5.90. The molecule has 0 aliphatic rings. The second-order valence-electron chi connectivity index (χ2n) is 4.53. The van der Waals surface area contributed by atoms with E-state index in [0.29, 0.717) is 5.69 Å². The Balaban J connectivity index is 3.09. The lowest BCUT2D eigenvalue weighted by Gasteiger charge is -2.15. The average molecular weight is 292 g/mol. The van der Waals surface area contributed by atoms with Gasteiger partial charge in [0.1, 0.15) is 0 Å². The predicted molar refractivity (Wildman–Crippen MR) is 79.0 cm³/mol. The Morgan fingerprint density at radius 1 is 1.24 bits per heavy atom. The first-order valence-corrected chi connectivity index (χ1v) is 6.80. The second kappa shape index (κ2) is 7.42. The lowest BCUT2D eigenvalue weighted by atomic mass is 9.98. The molecule has 0 bridgehead atoms. The molecule has 1 rings (SSSR count). The molecule has 114 valence electrons. The second-order valence-corrected chi connectivity index (χ2v) is 4.53. The third-order valence-corrected chi connectivity index (χ3v) is 2.90. The third kappa shape index (κ3) is 4.30. The van der Waals surface area contributed by atoms with Crippen molar-refractivity contribution in [2.75, 3.05) is 12.3 Å². The topological polar surface area (TPSA) is 98.5 Å². The van der Waals surface area contributed by atoms with E-state index in [1.165, 1.54) is 18.2 Å². The molecule has 0 saturated carbocycles.